The lowest BCUT2D eigenvalue weighted by Crippen LogP contribution is -2.49. The molecule has 0 spiro atoms. The van der Waals surface area contributed by atoms with E-state index in [-0.39, 0.29) is 5.91 Å². The number of fused-ring (bicyclic) bond motifs is 1. The lowest BCUT2D eigenvalue weighted by Gasteiger charge is -2.35. The number of methoxy groups -OCH3 is 1. The molecule has 1 fully saturated rings. The van der Waals surface area contributed by atoms with E-state index < -0.39 is 0 Å². The summed E-state index contributed by atoms with van der Waals surface area (Å²) >= 11 is 0. The molecule has 6 rings (SSSR count). The first-order chi connectivity index (χ1) is 19.1. The van der Waals surface area contributed by atoms with Crippen molar-refractivity contribution in [1.82, 2.24) is 24.5 Å². The van der Waals surface area contributed by atoms with Crippen LogP contribution in [0.1, 0.15) is 27.9 Å². The Balaban J connectivity index is 1.21. The molecule has 4 aromatic heterocycles. The van der Waals surface area contributed by atoms with E-state index in [1.165, 1.54) is 5.57 Å². The molecule has 1 saturated heterocycles. The van der Waals surface area contributed by atoms with Crippen molar-refractivity contribution in [2.45, 2.75) is 6.42 Å². The van der Waals surface area contributed by atoms with E-state index in [1.54, 1.807) is 36.2 Å². The number of hydrogen-bond acceptors (Lipinski definition) is 8. The van der Waals surface area contributed by atoms with Crippen LogP contribution >= 0.6 is 0 Å². The highest BCUT2D eigenvalue weighted by Gasteiger charge is 2.23. The molecule has 0 unspecified atom stereocenters. The fourth-order valence-electron chi connectivity index (χ4n) is 5.07. The largest absolute Gasteiger partial charge is 0.481 e. The third-order valence-electron chi connectivity index (χ3n) is 7.21. The van der Waals surface area contributed by atoms with Gasteiger partial charge in [-0.05, 0) is 41.8 Å². The predicted octanol–water partition coefficient (Wildman–Crippen LogP) is 3.44. The third kappa shape index (κ3) is 4.80. The van der Waals surface area contributed by atoms with E-state index >= 15 is 0 Å². The lowest BCUT2D eigenvalue weighted by molar-refractivity contribution is 0.0746. The molecule has 10 nitrogen and oxygen atoms in total. The van der Waals surface area contributed by atoms with Crippen LogP contribution in [-0.4, -0.2) is 76.9 Å². The van der Waals surface area contributed by atoms with Crippen molar-refractivity contribution in [2.24, 2.45) is 0 Å². The van der Waals surface area contributed by atoms with Gasteiger partial charge in [0.1, 0.15) is 11.9 Å². The van der Waals surface area contributed by atoms with Crippen molar-refractivity contribution >= 4 is 22.8 Å². The molecule has 196 valence electrons. The smallest absolute Gasteiger partial charge is 0.255 e. The monoisotopic (exact) mass is 521 g/mol. The Morgan fingerprint density at radius 2 is 1.92 bits per heavy atom. The second kappa shape index (κ2) is 10.6. The molecule has 0 radical (unpaired) electrons. The van der Waals surface area contributed by atoms with E-state index in [4.69, 9.17) is 14.5 Å². The minimum Gasteiger partial charge on any atom is -0.481 e. The van der Waals surface area contributed by atoms with Crippen LogP contribution in [0.2, 0.25) is 0 Å². The zero-order valence-corrected chi connectivity index (χ0v) is 21.6. The first kappa shape index (κ1) is 24.6. The molecule has 2 aliphatic rings. The summed E-state index contributed by atoms with van der Waals surface area (Å²) in [5, 5.41) is 14.1. The Kier molecular flexibility index (Phi) is 6.65. The zero-order chi connectivity index (χ0) is 26.8. The Morgan fingerprint density at radius 1 is 1.05 bits per heavy atom. The number of ether oxygens (including phenoxy) is 2. The third-order valence-corrected chi connectivity index (χ3v) is 7.21. The zero-order valence-electron chi connectivity index (χ0n) is 21.6. The fourth-order valence-corrected chi connectivity index (χ4v) is 5.07. The molecule has 0 N–H and O–H groups in total. The van der Waals surface area contributed by atoms with Gasteiger partial charge in [0, 0.05) is 62.0 Å². The molecular formula is C29H27N7O3. The first-order valence-electron chi connectivity index (χ1n) is 12.8. The minimum absolute atomic E-state index is 0.0363. The van der Waals surface area contributed by atoms with Crippen LogP contribution in [0.15, 0.2) is 61.2 Å². The lowest BCUT2D eigenvalue weighted by atomic mass is 9.98. The minimum atomic E-state index is -0.0363. The second-order valence-corrected chi connectivity index (χ2v) is 9.43. The summed E-state index contributed by atoms with van der Waals surface area (Å²) in [7, 11) is 1.55. The van der Waals surface area contributed by atoms with E-state index in [0.717, 1.165) is 34.4 Å². The molecule has 1 amide bonds. The fraction of sp³-hybridized carbons (Fsp3) is 0.276. The molecule has 6 heterocycles. The Bertz CT molecular complexity index is 1580. The van der Waals surface area contributed by atoms with Gasteiger partial charge in [0.25, 0.3) is 5.91 Å². The second-order valence-electron chi connectivity index (χ2n) is 9.43. The van der Waals surface area contributed by atoms with Gasteiger partial charge in [0.2, 0.25) is 5.88 Å². The Labute approximate surface area is 225 Å². The maximum atomic E-state index is 12.9. The van der Waals surface area contributed by atoms with Crippen LogP contribution < -0.4 is 9.64 Å². The van der Waals surface area contributed by atoms with Crippen LogP contribution in [0.3, 0.4) is 0 Å². The Morgan fingerprint density at radius 3 is 2.59 bits per heavy atom. The number of anilines is 1. The van der Waals surface area contributed by atoms with Gasteiger partial charge >= 0.3 is 0 Å². The van der Waals surface area contributed by atoms with Crippen LogP contribution in [0.25, 0.3) is 22.2 Å². The van der Waals surface area contributed by atoms with Crippen LogP contribution in [-0.2, 0) is 4.74 Å². The summed E-state index contributed by atoms with van der Waals surface area (Å²) in [6.07, 6.45) is 9.91. The predicted molar refractivity (Wildman–Crippen MR) is 145 cm³/mol. The maximum Gasteiger partial charge on any atom is 0.255 e. The quantitative estimate of drug-likeness (QED) is 0.393. The average Bonchev–Trinajstić information content (AvgIpc) is 3.44. The number of hydrogen-bond donors (Lipinski definition) is 0. The number of nitrogens with zero attached hydrogens (tertiary/aromatic N) is 7. The van der Waals surface area contributed by atoms with E-state index in [9.17, 15) is 10.1 Å². The number of carbonyl (C=O) groups is 1. The molecule has 0 bridgehead atoms. The first-order valence-corrected chi connectivity index (χ1v) is 12.8. The van der Waals surface area contributed by atoms with Crippen LogP contribution in [0.5, 0.6) is 5.88 Å². The number of rotatable bonds is 5. The summed E-state index contributed by atoms with van der Waals surface area (Å²) in [5.74, 6) is 1.30. The standard InChI is InChI=1S/C29H27N7O3/c1-38-27-5-3-22(17-32-27)29(37)35-10-8-34(9-11-35)26-4-2-21(16-31-26)25-14-23(20-6-12-39-13-7-20)19-36-28(25)24(15-30)18-33-36/h2-6,14,16-19H,7-13H2,1H3. The summed E-state index contributed by atoms with van der Waals surface area (Å²) in [6.45, 7) is 3.83. The van der Waals surface area contributed by atoms with Crippen molar-refractivity contribution in [3.63, 3.8) is 0 Å². The average molecular weight is 522 g/mol. The highest BCUT2D eigenvalue weighted by atomic mass is 16.5. The number of pyridine rings is 3. The topological polar surface area (TPSA) is 109 Å². The molecular weight excluding hydrogens is 494 g/mol. The summed E-state index contributed by atoms with van der Waals surface area (Å²) in [5.41, 5.74) is 5.94. The van der Waals surface area contributed by atoms with Crippen molar-refractivity contribution < 1.29 is 14.3 Å². The van der Waals surface area contributed by atoms with Crippen molar-refractivity contribution in [3.8, 4) is 23.1 Å². The van der Waals surface area contributed by atoms with Crippen molar-refractivity contribution in [2.75, 3.05) is 51.4 Å². The van der Waals surface area contributed by atoms with E-state index in [1.807, 2.05) is 29.4 Å². The molecule has 4 aromatic rings. The summed E-state index contributed by atoms with van der Waals surface area (Å²) in [4.78, 5) is 25.8. The van der Waals surface area contributed by atoms with Gasteiger partial charge in [-0.2, -0.15) is 10.4 Å². The highest BCUT2D eigenvalue weighted by molar-refractivity contribution is 5.94. The number of nitriles is 1. The normalized spacial score (nSPS) is 15.6. The molecule has 0 aliphatic carbocycles. The van der Waals surface area contributed by atoms with Crippen LogP contribution in [0.4, 0.5) is 5.82 Å². The molecule has 39 heavy (non-hydrogen) atoms. The van der Waals surface area contributed by atoms with Gasteiger partial charge in [-0.25, -0.2) is 14.5 Å². The summed E-state index contributed by atoms with van der Waals surface area (Å²) in [6, 6.07) is 11.9. The van der Waals surface area contributed by atoms with E-state index in [0.29, 0.717) is 56.4 Å². The van der Waals surface area contributed by atoms with Gasteiger partial charge in [0.05, 0.1) is 43.2 Å². The van der Waals surface area contributed by atoms with Crippen molar-refractivity contribution in [3.05, 3.63) is 77.9 Å². The molecule has 10 heteroatoms. The molecule has 2 aliphatic heterocycles. The number of aromatic nitrogens is 4. The van der Waals surface area contributed by atoms with Gasteiger partial charge in [-0.1, -0.05) is 6.08 Å². The SMILES string of the molecule is COc1ccc(C(=O)N2CCN(c3ccc(-c4cc(C5=CCOCC5)cn5ncc(C#N)c45)cn3)CC2)cn1. The highest BCUT2D eigenvalue weighted by Crippen LogP contribution is 2.32. The Hall–Kier alpha value is -4.75. The number of carbonyl (C=O) groups excluding carboxylic acids is 1. The molecule has 0 saturated carbocycles. The van der Waals surface area contributed by atoms with E-state index in [2.05, 4.69) is 33.2 Å². The van der Waals surface area contributed by atoms with Gasteiger partial charge in [-0.15, -0.1) is 0 Å². The van der Waals surface area contributed by atoms with Crippen molar-refractivity contribution in [1.29, 1.82) is 5.26 Å². The number of piperazine rings is 1. The molecule has 0 aromatic carbocycles. The molecule has 0 atom stereocenters. The maximum absolute atomic E-state index is 12.9. The van der Waals surface area contributed by atoms with Gasteiger partial charge < -0.3 is 19.3 Å². The van der Waals surface area contributed by atoms with Gasteiger partial charge in [-0.3, -0.25) is 4.79 Å². The van der Waals surface area contributed by atoms with Gasteiger partial charge in [0.15, 0.2) is 0 Å². The summed E-state index contributed by atoms with van der Waals surface area (Å²) < 4.78 is 12.3. The van der Waals surface area contributed by atoms with Crippen LogP contribution in [0, 0.1) is 11.3 Å². The number of amides is 1.